The summed E-state index contributed by atoms with van der Waals surface area (Å²) in [5.74, 6) is 0. The van der Waals surface area contributed by atoms with Crippen molar-refractivity contribution in [2.75, 3.05) is 7.05 Å². The molecule has 2 heteroatoms. The summed E-state index contributed by atoms with van der Waals surface area (Å²) in [7, 11) is 2.03. The van der Waals surface area contributed by atoms with E-state index < -0.39 is 0 Å². The molecule has 0 aromatic heterocycles. The van der Waals surface area contributed by atoms with Gasteiger partial charge in [0.25, 0.3) is 0 Å². The molecule has 1 unspecified atom stereocenters. The molecule has 19 heavy (non-hydrogen) atoms. The van der Waals surface area contributed by atoms with Crippen molar-refractivity contribution in [1.82, 2.24) is 5.32 Å². The molecule has 2 rings (SSSR count). The molecule has 1 nitrogen and oxygen atoms in total. The molecule has 2 aromatic rings. The lowest BCUT2D eigenvalue weighted by atomic mass is 9.92. The van der Waals surface area contributed by atoms with Crippen molar-refractivity contribution in [3.05, 3.63) is 67.8 Å². The summed E-state index contributed by atoms with van der Waals surface area (Å²) in [5.41, 5.74) is 6.78. The summed E-state index contributed by atoms with van der Waals surface area (Å²) >= 11 is 2.45. The van der Waals surface area contributed by atoms with Crippen LogP contribution in [0, 0.1) is 24.3 Å². The molecular weight excluding hydrogens is 345 g/mol. The number of halogens is 1. The molecule has 0 spiro atoms. The molecule has 1 N–H and O–H groups in total. The minimum absolute atomic E-state index is 0.256. The van der Waals surface area contributed by atoms with Gasteiger partial charge in [0.2, 0.25) is 0 Å². The Morgan fingerprint density at radius 2 is 1.47 bits per heavy atom. The Kier molecular flexibility index (Phi) is 4.63. The predicted octanol–water partition coefficient (Wildman–Crippen LogP) is 4.53. The van der Waals surface area contributed by atoms with Crippen LogP contribution in [0.2, 0.25) is 0 Å². The minimum atomic E-state index is 0.256. The lowest BCUT2D eigenvalue weighted by molar-refractivity contribution is 0.683. The summed E-state index contributed by atoms with van der Waals surface area (Å²) in [6.07, 6.45) is 0. The van der Waals surface area contributed by atoms with Crippen LogP contribution >= 0.6 is 22.6 Å². The second kappa shape index (κ2) is 6.06. The molecule has 100 valence electrons. The zero-order chi connectivity index (χ0) is 14.0. The van der Waals surface area contributed by atoms with Gasteiger partial charge in [-0.15, -0.1) is 0 Å². The molecular formula is C17H20IN. The molecule has 0 radical (unpaired) electrons. The normalized spacial score (nSPS) is 12.5. The Morgan fingerprint density at radius 1 is 0.895 bits per heavy atom. The molecule has 0 bridgehead atoms. The fourth-order valence-electron chi connectivity index (χ4n) is 2.46. The van der Waals surface area contributed by atoms with Crippen molar-refractivity contribution < 1.29 is 0 Å². The number of rotatable bonds is 3. The topological polar surface area (TPSA) is 12.0 Å². The van der Waals surface area contributed by atoms with Crippen molar-refractivity contribution in [1.29, 1.82) is 0 Å². The van der Waals surface area contributed by atoms with Crippen LogP contribution in [-0.2, 0) is 0 Å². The zero-order valence-corrected chi connectivity index (χ0v) is 14.1. The minimum Gasteiger partial charge on any atom is -0.309 e. The number of nitrogens with one attached hydrogen (secondary N) is 1. The summed E-state index contributed by atoms with van der Waals surface area (Å²) < 4.78 is 1.35. The summed E-state index contributed by atoms with van der Waals surface area (Å²) in [4.78, 5) is 0. The Bertz CT molecular complexity index is 538. The first-order valence-electron chi connectivity index (χ1n) is 6.54. The van der Waals surface area contributed by atoms with Gasteiger partial charge in [0.05, 0.1) is 6.04 Å². The standard InChI is InChI=1S/C17H20IN/c1-11-7-5-9-14(13(11)3)17(19-4)15-10-6-8-12(2)16(15)18/h5-10,17,19H,1-4H3. The SMILES string of the molecule is CNC(c1cccc(C)c1C)c1cccc(C)c1I. The van der Waals surface area contributed by atoms with Crippen molar-refractivity contribution in [2.24, 2.45) is 0 Å². The number of aryl methyl sites for hydroxylation is 2. The van der Waals surface area contributed by atoms with E-state index in [1.54, 1.807) is 0 Å². The molecule has 0 aliphatic heterocycles. The fraction of sp³-hybridized carbons (Fsp3) is 0.294. The first kappa shape index (κ1) is 14.5. The maximum absolute atomic E-state index is 3.47. The number of hydrogen-bond donors (Lipinski definition) is 1. The lowest BCUT2D eigenvalue weighted by Crippen LogP contribution is -2.20. The van der Waals surface area contributed by atoms with Crippen molar-refractivity contribution in [2.45, 2.75) is 26.8 Å². The van der Waals surface area contributed by atoms with Gasteiger partial charge in [0.1, 0.15) is 0 Å². The second-order valence-electron chi connectivity index (χ2n) is 4.99. The average molecular weight is 365 g/mol. The number of benzene rings is 2. The van der Waals surface area contributed by atoms with Crippen LogP contribution in [0.3, 0.4) is 0 Å². The van der Waals surface area contributed by atoms with Crippen LogP contribution in [-0.4, -0.2) is 7.05 Å². The molecule has 0 aliphatic carbocycles. The van der Waals surface area contributed by atoms with Gasteiger partial charge >= 0.3 is 0 Å². The van der Waals surface area contributed by atoms with Crippen LogP contribution in [0.1, 0.15) is 33.9 Å². The largest absolute Gasteiger partial charge is 0.309 e. The Morgan fingerprint density at radius 3 is 2.11 bits per heavy atom. The highest BCUT2D eigenvalue weighted by Crippen LogP contribution is 2.30. The molecule has 0 aliphatic rings. The highest BCUT2D eigenvalue weighted by atomic mass is 127. The van der Waals surface area contributed by atoms with Gasteiger partial charge in [-0.3, -0.25) is 0 Å². The van der Waals surface area contributed by atoms with Crippen LogP contribution in [0.4, 0.5) is 0 Å². The Balaban J connectivity index is 2.57. The van der Waals surface area contributed by atoms with Crippen LogP contribution in [0.15, 0.2) is 36.4 Å². The maximum Gasteiger partial charge on any atom is 0.0587 e. The fourth-order valence-corrected chi connectivity index (χ4v) is 3.13. The summed E-state index contributed by atoms with van der Waals surface area (Å²) in [5, 5.41) is 3.47. The Hall–Kier alpha value is -0.870. The van der Waals surface area contributed by atoms with Crippen LogP contribution in [0.25, 0.3) is 0 Å². The highest BCUT2D eigenvalue weighted by Gasteiger charge is 2.17. The van der Waals surface area contributed by atoms with E-state index in [1.807, 2.05) is 7.05 Å². The molecule has 0 saturated carbocycles. The summed E-state index contributed by atoms with van der Waals surface area (Å²) in [6.45, 7) is 6.55. The van der Waals surface area contributed by atoms with Gasteiger partial charge in [-0.25, -0.2) is 0 Å². The molecule has 1 atom stereocenters. The first-order valence-corrected chi connectivity index (χ1v) is 7.62. The lowest BCUT2D eigenvalue weighted by Gasteiger charge is -2.22. The van der Waals surface area contributed by atoms with Crippen LogP contribution in [0.5, 0.6) is 0 Å². The van der Waals surface area contributed by atoms with Gasteiger partial charge in [-0.05, 0) is 78.2 Å². The third-order valence-corrected chi connectivity index (χ3v) is 5.25. The van der Waals surface area contributed by atoms with Gasteiger partial charge in [0, 0.05) is 3.57 Å². The van der Waals surface area contributed by atoms with Crippen molar-refractivity contribution >= 4 is 22.6 Å². The van der Waals surface area contributed by atoms with Gasteiger partial charge in [-0.1, -0.05) is 36.4 Å². The molecule has 2 aromatic carbocycles. The van der Waals surface area contributed by atoms with Crippen molar-refractivity contribution in [3.8, 4) is 0 Å². The van der Waals surface area contributed by atoms with E-state index >= 15 is 0 Å². The molecule has 0 heterocycles. The van der Waals surface area contributed by atoms with E-state index in [0.717, 1.165) is 0 Å². The molecule has 0 saturated heterocycles. The first-order chi connectivity index (χ1) is 9.06. The van der Waals surface area contributed by atoms with Crippen molar-refractivity contribution in [3.63, 3.8) is 0 Å². The second-order valence-corrected chi connectivity index (χ2v) is 6.07. The third-order valence-electron chi connectivity index (χ3n) is 3.78. The van der Waals surface area contributed by atoms with Crippen LogP contribution < -0.4 is 5.32 Å². The monoisotopic (exact) mass is 365 g/mol. The van der Waals surface area contributed by atoms with E-state index in [4.69, 9.17) is 0 Å². The maximum atomic E-state index is 3.47. The van der Waals surface area contributed by atoms with E-state index in [2.05, 4.69) is 85.1 Å². The predicted molar refractivity (Wildman–Crippen MR) is 90.7 cm³/mol. The summed E-state index contributed by atoms with van der Waals surface area (Å²) in [6, 6.07) is 13.3. The zero-order valence-electron chi connectivity index (χ0n) is 11.9. The van der Waals surface area contributed by atoms with E-state index in [9.17, 15) is 0 Å². The molecule has 0 fully saturated rings. The smallest absolute Gasteiger partial charge is 0.0587 e. The average Bonchev–Trinajstić information content (AvgIpc) is 2.40. The molecule has 0 amide bonds. The van der Waals surface area contributed by atoms with E-state index in [0.29, 0.717) is 0 Å². The van der Waals surface area contributed by atoms with E-state index in [-0.39, 0.29) is 6.04 Å². The quantitative estimate of drug-likeness (QED) is 0.789. The van der Waals surface area contributed by atoms with Gasteiger partial charge < -0.3 is 5.32 Å². The number of hydrogen-bond acceptors (Lipinski definition) is 1. The highest BCUT2D eigenvalue weighted by molar-refractivity contribution is 14.1. The van der Waals surface area contributed by atoms with Gasteiger partial charge in [-0.2, -0.15) is 0 Å². The van der Waals surface area contributed by atoms with Gasteiger partial charge in [0.15, 0.2) is 0 Å². The van der Waals surface area contributed by atoms with E-state index in [1.165, 1.54) is 31.4 Å². The Labute approximate surface area is 129 Å². The third kappa shape index (κ3) is 2.84.